The van der Waals surface area contributed by atoms with E-state index in [1.807, 2.05) is 48.5 Å². The quantitative estimate of drug-likeness (QED) is 0.581. The van der Waals surface area contributed by atoms with E-state index in [2.05, 4.69) is 36.4 Å². The lowest BCUT2D eigenvalue weighted by molar-refractivity contribution is -0.119. The first-order chi connectivity index (χ1) is 13.2. The molecule has 0 unspecified atom stereocenters. The van der Waals surface area contributed by atoms with E-state index < -0.39 is 0 Å². The van der Waals surface area contributed by atoms with Gasteiger partial charge >= 0.3 is 0 Å². The van der Waals surface area contributed by atoms with Crippen molar-refractivity contribution in [1.29, 1.82) is 0 Å². The monoisotopic (exact) mass is 444 g/mol. The van der Waals surface area contributed by atoms with Gasteiger partial charge in [0.05, 0.1) is 18.4 Å². The Labute approximate surface area is 169 Å². The number of H-pyrrole nitrogens is 1. The molecule has 0 radical (unpaired) electrons. The molecule has 1 aliphatic rings. The highest BCUT2D eigenvalue weighted by molar-refractivity contribution is 9.10. The normalized spacial score (nSPS) is 15.7. The summed E-state index contributed by atoms with van der Waals surface area (Å²) in [5.74, 6) is 1.72. The summed E-state index contributed by atoms with van der Waals surface area (Å²) >= 11 is 4.81. The Balaban J connectivity index is 1.36. The highest BCUT2D eigenvalue weighted by atomic mass is 79.9. The number of halogens is 1. The number of nitrogens with zero attached hydrogens (tertiary/aromatic N) is 2. The van der Waals surface area contributed by atoms with Crippen molar-refractivity contribution in [3.05, 3.63) is 58.6 Å². The minimum atomic E-state index is -0.0473. The first-order valence-corrected chi connectivity index (χ1v) is 10.3. The fraction of sp³-hybridized carbons (Fsp3) is 0.211. The van der Waals surface area contributed by atoms with Crippen LogP contribution in [-0.2, 0) is 4.79 Å². The number of nitrogens with one attached hydrogen (secondary N) is 2. The summed E-state index contributed by atoms with van der Waals surface area (Å²) in [6, 6.07) is 15.6. The lowest BCUT2D eigenvalue weighted by Gasteiger charge is -2.26. The largest absolute Gasteiger partial charge is 0.493 e. The van der Waals surface area contributed by atoms with Gasteiger partial charge in [-0.05, 0) is 12.1 Å². The summed E-state index contributed by atoms with van der Waals surface area (Å²) in [4.78, 5) is 16.8. The number of hydrogen-bond acceptors (Lipinski definition) is 5. The molecular weight excluding hydrogens is 428 g/mol. The summed E-state index contributed by atoms with van der Waals surface area (Å²) in [5, 5.41) is 10.7. The van der Waals surface area contributed by atoms with Crippen molar-refractivity contribution in [1.82, 2.24) is 20.5 Å². The van der Waals surface area contributed by atoms with E-state index in [1.165, 1.54) is 11.8 Å². The van der Waals surface area contributed by atoms with Gasteiger partial charge in [0.2, 0.25) is 11.1 Å². The molecule has 2 aromatic carbocycles. The third kappa shape index (κ3) is 4.17. The van der Waals surface area contributed by atoms with Crippen LogP contribution in [0.1, 0.15) is 18.0 Å². The molecule has 6 nitrogen and oxygen atoms in total. The Hall–Kier alpha value is -2.32. The molecule has 2 N–H and O–H groups in total. The Bertz CT molecular complexity index is 962. The molecule has 1 aromatic heterocycles. The van der Waals surface area contributed by atoms with Crippen LogP contribution in [0.3, 0.4) is 0 Å². The first-order valence-electron chi connectivity index (χ1n) is 8.52. The maximum atomic E-state index is 12.4. The van der Waals surface area contributed by atoms with Crippen molar-refractivity contribution < 1.29 is 9.53 Å². The third-order valence-corrected chi connectivity index (χ3v) is 5.76. The molecule has 0 bridgehead atoms. The maximum Gasteiger partial charge on any atom is 0.230 e. The van der Waals surface area contributed by atoms with E-state index in [0.29, 0.717) is 17.6 Å². The lowest BCUT2D eigenvalue weighted by atomic mass is 10.0. The van der Waals surface area contributed by atoms with Gasteiger partial charge < -0.3 is 10.1 Å². The van der Waals surface area contributed by atoms with E-state index in [4.69, 9.17) is 4.74 Å². The maximum absolute atomic E-state index is 12.4. The second-order valence-corrected chi connectivity index (χ2v) is 7.83. The Morgan fingerprint density at radius 1 is 1.26 bits per heavy atom. The number of thioether (sulfide) groups is 1. The SMILES string of the molecule is O=C(CSc1n[nH]c(-c2ccccc2Br)n1)N[C@H]1CCOc2ccccc21. The Morgan fingerprint density at radius 2 is 2.07 bits per heavy atom. The van der Waals surface area contributed by atoms with Gasteiger partial charge in [0.25, 0.3) is 0 Å². The van der Waals surface area contributed by atoms with Crippen molar-refractivity contribution in [2.75, 3.05) is 12.4 Å². The predicted octanol–water partition coefficient (Wildman–Crippen LogP) is 3.97. The number of amides is 1. The Kier molecular flexibility index (Phi) is 5.45. The number of carbonyl (C=O) groups is 1. The van der Waals surface area contributed by atoms with Gasteiger partial charge in [-0.1, -0.05) is 64.1 Å². The van der Waals surface area contributed by atoms with Crippen LogP contribution in [-0.4, -0.2) is 33.4 Å². The molecule has 3 aromatic rings. The molecule has 27 heavy (non-hydrogen) atoms. The van der Waals surface area contributed by atoms with Crippen LogP contribution in [0.25, 0.3) is 11.4 Å². The molecule has 4 rings (SSSR count). The second-order valence-electron chi connectivity index (χ2n) is 6.03. The summed E-state index contributed by atoms with van der Waals surface area (Å²) in [6.07, 6.45) is 0.764. The average molecular weight is 445 g/mol. The van der Waals surface area contributed by atoms with Gasteiger partial charge in [-0.2, -0.15) is 0 Å². The zero-order valence-electron chi connectivity index (χ0n) is 14.3. The van der Waals surface area contributed by atoms with Crippen molar-refractivity contribution in [3.63, 3.8) is 0 Å². The van der Waals surface area contributed by atoms with Gasteiger partial charge in [0.15, 0.2) is 5.82 Å². The minimum Gasteiger partial charge on any atom is -0.493 e. The number of carbonyl (C=O) groups excluding carboxylic acids is 1. The van der Waals surface area contributed by atoms with Crippen molar-refractivity contribution in [3.8, 4) is 17.1 Å². The number of aromatic amines is 1. The van der Waals surface area contributed by atoms with E-state index in [0.717, 1.165) is 27.8 Å². The topological polar surface area (TPSA) is 79.9 Å². The molecule has 0 fully saturated rings. The van der Waals surface area contributed by atoms with Crippen LogP contribution in [0.2, 0.25) is 0 Å². The van der Waals surface area contributed by atoms with Gasteiger partial charge in [-0.25, -0.2) is 4.98 Å². The fourth-order valence-corrected chi connectivity index (χ4v) is 4.02. The molecule has 1 amide bonds. The molecule has 2 heterocycles. The molecule has 8 heteroatoms. The van der Waals surface area contributed by atoms with Crippen LogP contribution in [0.4, 0.5) is 0 Å². The zero-order valence-corrected chi connectivity index (χ0v) is 16.7. The number of fused-ring (bicyclic) bond motifs is 1. The second kappa shape index (κ2) is 8.14. The smallest absolute Gasteiger partial charge is 0.230 e. The van der Waals surface area contributed by atoms with Crippen LogP contribution in [0.15, 0.2) is 58.2 Å². The first kappa shape index (κ1) is 18.1. The number of para-hydroxylation sites is 1. The van der Waals surface area contributed by atoms with Crippen LogP contribution < -0.4 is 10.1 Å². The summed E-state index contributed by atoms with van der Waals surface area (Å²) in [6.45, 7) is 0.603. The van der Waals surface area contributed by atoms with E-state index in [1.54, 1.807) is 0 Å². The molecule has 0 aliphatic carbocycles. The van der Waals surface area contributed by atoms with E-state index in [-0.39, 0.29) is 17.7 Å². The average Bonchev–Trinajstić information content (AvgIpc) is 3.16. The number of hydrogen-bond donors (Lipinski definition) is 2. The molecule has 0 saturated heterocycles. The zero-order chi connectivity index (χ0) is 18.6. The number of rotatable bonds is 5. The number of aromatic nitrogens is 3. The summed E-state index contributed by atoms with van der Waals surface area (Å²) < 4.78 is 6.57. The molecule has 1 aliphatic heterocycles. The lowest BCUT2D eigenvalue weighted by Crippen LogP contribution is -2.33. The van der Waals surface area contributed by atoms with E-state index in [9.17, 15) is 4.79 Å². The van der Waals surface area contributed by atoms with Gasteiger partial charge in [0, 0.05) is 22.0 Å². The minimum absolute atomic E-state index is 0.0222. The Morgan fingerprint density at radius 3 is 2.96 bits per heavy atom. The standard InChI is InChI=1S/C19H17BrN4O2S/c20-14-7-3-1-5-12(14)18-22-19(24-23-18)27-11-17(25)21-15-9-10-26-16-8-4-2-6-13(15)16/h1-8,15H,9-11H2,(H,21,25)(H,22,23,24)/t15-/m0/s1. The van der Waals surface area contributed by atoms with Crippen LogP contribution >= 0.6 is 27.7 Å². The van der Waals surface area contributed by atoms with E-state index >= 15 is 0 Å². The molecule has 0 saturated carbocycles. The molecular formula is C19H17BrN4O2S. The molecule has 0 spiro atoms. The number of ether oxygens (including phenoxy) is 1. The summed E-state index contributed by atoms with van der Waals surface area (Å²) in [5.41, 5.74) is 1.95. The highest BCUT2D eigenvalue weighted by Gasteiger charge is 2.22. The highest BCUT2D eigenvalue weighted by Crippen LogP contribution is 2.31. The van der Waals surface area contributed by atoms with Crippen molar-refractivity contribution in [2.24, 2.45) is 0 Å². The molecule has 1 atom stereocenters. The van der Waals surface area contributed by atoms with Gasteiger partial charge in [-0.3, -0.25) is 9.89 Å². The van der Waals surface area contributed by atoms with Gasteiger partial charge in [0.1, 0.15) is 5.75 Å². The van der Waals surface area contributed by atoms with Crippen molar-refractivity contribution >= 4 is 33.6 Å². The predicted molar refractivity (Wildman–Crippen MR) is 108 cm³/mol. The van der Waals surface area contributed by atoms with Gasteiger partial charge in [-0.15, -0.1) is 5.10 Å². The number of benzene rings is 2. The summed E-state index contributed by atoms with van der Waals surface area (Å²) in [7, 11) is 0. The fourth-order valence-electron chi connectivity index (χ4n) is 2.94. The van der Waals surface area contributed by atoms with Crippen LogP contribution in [0, 0.1) is 0 Å². The van der Waals surface area contributed by atoms with Crippen molar-refractivity contribution in [2.45, 2.75) is 17.6 Å². The molecule has 138 valence electrons. The van der Waals surface area contributed by atoms with Crippen LogP contribution in [0.5, 0.6) is 5.75 Å². The third-order valence-electron chi connectivity index (χ3n) is 4.22.